The Hall–Kier alpha value is -1.49. The number of benzene rings is 1. The molecule has 0 saturated heterocycles. The Morgan fingerprint density at radius 3 is 2.73 bits per heavy atom. The molecule has 1 rings (SSSR count). The van der Waals surface area contributed by atoms with Crippen LogP contribution in [0.3, 0.4) is 0 Å². The van der Waals surface area contributed by atoms with Crippen LogP contribution in [-0.2, 0) is 6.54 Å². The molecule has 0 saturated carbocycles. The van der Waals surface area contributed by atoms with Crippen molar-refractivity contribution in [2.24, 2.45) is 0 Å². The van der Waals surface area contributed by atoms with Crippen molar-refractivity contribution in [3.63, 3.8) is 0 Å². The van der Waals surface area contributed by atoms with Crippen molar-refractivity contribution in [1.82, 2.24) is 4.90 Å². The van der Waals surface area contributed by atoms with Gasteiger partial charge < -0.3 is 4.90 Å². The third-order valence-corrected chi connectivity index (χ3v) is 2.24. The molecule has 0 radical (unpaired) electrons. The molecule has 0 bridgehead atoms. The van der Waals surface area contributed by atoms with Crippen molar-refractivity contribution < 1.29 is 9.31 Å². The van der Waals surface area contributed by atoms with Gasteiger partial charge in [0.25, 0.3) is 0 Å². The molecule has 0 heterocycles. The third kappa shape index (κ3) is 2.73. The summed E-state index contributed by atoms with van der Waals surface area (Å²) in [5.74, 6) is -0.734. The van der Waals surface area contributed by atoms with Gasteiger partial charge in [0.1, 0.15) is 0 Å². The molecule has 4 nitrogen and oxygen atoms in total. The minimum absolute atomic E-state index is 0.355. The van der Waals surface area contributed by atoms with Crippen LogP contribution in [0.25, 0.3) is 0 Å². The Labute approximate surface area is 87.5 Å². The summed E-state index contributed by atoms with van der Waals surface area (Å²) in [7, 11) is 1.83. The predicted molar refractivity (Wildman–Crippen MR) is 55.1 cm³/mol. The zero-order chi connectivity index (χ0) is 11.4. The molecule has 5 heteroatoms. The fraction of sp³-hybridized carbons (Fsp3) is 0.400. The molecule has 15 heavy (non-hydrogen) atoms. The highest BCUT2D eigenvalue weighted by atomic mass is 19.1. The van der Waals surface area contributed by atoms with Crippen LogP contribution in [0.2, 0.25) is 0 Å². The number of hydrogen-bond donors (Lipinski definition) is 0. The molecule has 0 spiro atoms. The van der Waals surface area contributed by atoms with Gasteiger partial charge in [0, 0.05) is 18.2 Å². The molecule has 0 unspecified atom stereocenters. The molecule has 0 aliphatic rings. The van der Waals surface area contributed by atoms with E-state index < -0.39 is 16.4 Å². The lowest BCUT2D eigenvalue weighted by Crippen LogP contribution is -2.17. The summed E-state index contributed by atoms with van der Waals surface area (Å²) in [6, 6.07) is 4.24. The smallest absolute Gasteiger partial charge is 0.302 e. The Morgan fingerprint density at radius 1 is 1.53 bits per heavy atom. The predicted octanol–water partition coefficient (Wildman–Crippen LogP) is 2.19. The maximum Gasteiger partial charge on any atom is 0.305 e. The molecule has 0 atom stereocenters. The average Bonchev–Trinajstić information content (AvgIpc) is 2.20. The van der Waals surface area contributed by atoms with Gasteiger partial charge in [0.2, 0.25) is 5.82 Å². The first-order valence-corrected chi connectivity index (χ1v) is 4.66. The number of nitro benzene ring substituents is 1. The second-order valence-corrected chi connectivity index (χ2v) is 3.34. The number of nitrogens with zero attached hydrogens (tertiary/aromatic N) is 2. The van der Waals surface area contributed by atoms with Crippen molar-refractivity contribution in [3.8, 4) is 0 Å². The van der Waals surface area contributed by atoms with Crippen LogP contribution in [0.1, 0.15) is 12.5 Å². The van der Waals surface area contributed by atoms with Crippen molar-refractivity contribution in [3.05, 3.63) is 39.7 Å². The molecular weight excluding hydrogens is 199 g/mol. The third-order valence-electron chi connectivity index (χ3n) is 2.24. The van der Waals surface area contributed by atoms with E-state index >= 15 is 0 Å². The van der Waals surface area contributed by atoms with Gasteiger partial charge in [0.05, 0.1) is 4.92 Å². The molecule has 1 aromatic rings. The maximum atomic E-state index is 13.6. The monoisotopic (exact) mass is 212 g/mol. The Morgan fingerprint density at radius 2 is 2.20 bits per heavy atom. The van der Waals surface area contributed by atoms with E-state index in [4.69, 9.17) is 0 Å². The number of nitro groups is 1. The molecular formula is C10H13FN2O2. The van der Waals surface area contributed by atoms with Gasteiger partial charge >= 0.3 is 5.69 Å². The first-order valence-electron chi connectivity index (χ1n) is 4.66. The van der Waals surface area contributed by atoms with Gasteiger partial charge in [-0.3, -0.25) is 10.1 Å². The summed E-state index contributed by atoms with van der Waals surface area (Å²) in [4.78, 5) is 11.7. The zero-order valence-electron chi connectivity index (χ0n) is 8.74. The molecule has 0 amide bonds. The topological polar surface area (TPSA) is 46.4 Å². The summed E-state index contributed by atoms with van der Waals surface area (Å²) in [5.41, 5.74) is -0.106. The number of hydrogen-bond acceptors (Lipinski definition) is 3. The fourth-order valence-electron chi connectivity index (χ4n) is 1.23. The van der Waals surface area contributed by atoms with Crippen molar-refractivity contribution in [2.45, 2.75) is 13.5 Å². The number of halogens is 1. The van der Waals surface area contributed by atoms with Gasteiger partial charge in [-0.1, -0.05) is 19.1 Å². The SMILES string of the molecule is CCN(C)Cc1cccc([N+](=O)[O-])c1F. The summed E-state index contributed by atoms with van der Waals surface area (Å²) in [6.07, 6.45) is 0. The first kappa shape index (κ1) is 11.6. The van der Waals surface area contributed by atoms with Crippen LogP contribution in [0.4, 0.5) is 10.1 Å². The highest BCUT2D eigenvalue weighted by molar-refractivity contribution is 5.36. The summed E-state index contributed by atoms with van der Waals surface area (Å²) >= 11 is 0. The molecule has 82 valence electrons. The van der Waals surface area contributed by atoms with Crippen LogP contribution >= 0.6 is 0 Å². The van der Waals surface area contributed by atoms with Crippen LogP contribution in [0, 0.1) is 15.9 Å². The van der Waals surface area contributed by atoms with Gasteiger partial charge in [-0.15, -0.1) is 0 Å². The van der Waals surface area contributed by atoms with Crippen molar-refractivity contribution in [2.75, 3.05) is 13.6 Å². The lowest BCUT2D eigenvalue weighted by atomic mass is 10.2. The second kappa shape index (κ2) is 4.84. The second-order valence-electron chi connectivity index (χ2n) is 3.34. The van der Waals surface area contributed by atoms with Crippen molar-refractivity contribution in [1.29, 1.82) is 0 Å². The van der Waals surface area contributed by atoms with E-state index in [0.717, 1.165) is 6.54 Å². The van der Waals surface area contributed by atoms with Gasteiger partial charge in [-0.25, -0.2) is 0 Å². The van der Waals surface area contributed by atoms with E-state index in [-0.39, 0.29) is 0 Å². The first-order chi connectivity index (χ1) is 7.06. The maximum absolute atomic E-state index is 13.6. The van der Waals surface area contributed by atoms with Crippen LogP contribution < -0.4 is 0 Å². The lowest BCUT2D eigenvalue weighted by Gasteiger charge is -2.13. The molecule has 0 aliphatic heterocycles. The molecule has 0 N–H and O–H groups in total. The largest absolute Gasteiger partial charge is 0.305 e. The summed E-state index contributed by atoms with van der Waals surface area (Å²) < 4.78 is 13.6. The van der Waals surface area contributed by atoms with E-state index in [1.807, 2.05) is 18.9 Å². The molecule has 1 aromatic carbocycles. The Balaban J connectivity index is 2.99. The van der Waals surface area contributed by atoms with E-state index in [1.165, 1.54) is 12.1 Å². The van der Waals surface area contributed by atoms with Crippen LogP contribution in [0.15, 0.2) is 18.2 Å². The summed E-state index contributed by atoms with van der Waals surface area (Å²) in [6.45, 7) is 3.08. The highest BCUT2D eigenvalue weighted by Gasteiger charge is 2.17. The van der Waals surface area contributed by atoms with E-state index in [9.17, 15) is 14.5 Å². The van der Waals surface area contributed by atoms with Gasteiger partial charge in [-0.2, -0.15) is 4.39 Å². The van der Waals surface area contributed by atoms with E-state index in [2.05, 4.69) is 0 Å². The van der Waals surface area contributed by atoms with Gasteiger partial charge in [0.15, 0.2) is 0 Å². The highest BCUT2D eigenvalue weighted by Crippen LogP contribution is 2.20. The van der Waals surface area contributed by atoms with Gasteiger partial charge in [-0.05, 0) is 13.6 Å². The van der Waals surface area contributed by atoms with Crippen LogP contribution in [0.5, 0.6) is 0 Å². The Bertz CT molecular complexity index is 368. The van der Waals surface area contributed by atoms with Crippen molar-refractivity contribution >= 4 is 5.69 Å². The normalized spacial score (nSPS) is 10.7. The molecule has 0 aromatic heterocycles. The quantitative estimate of drug-likeness (QED) is 0.567. The molecule has 0 aliphatic carbocycles. The fourth-order valence-corrected chi connectivity index (χ4v) is 1.23. The molecule has 0 fully saturated rings. The zero-order valence-corrected chi connectivity index (χ0v) is 8.74. The minimum Gasteiger partial charge on any atom is -0.302 e. The minimum atomic E-state index is -0.734. The summed E-state index contributed by atoms with van der Waals surface area (Å²) in [5, 5.41) is 10.5. The Kier molecular flexibility index (Phi) is 3.74. The van der Waals surface area contributed by atoms with E-state index in [0.29, 0.717) is 12.1 Å². The average molecular weight is 212 g/mol. The number of rotatable bonds is 4. The standard InChI is InChI=1S/C10H13FN2O2/c1-3-12(2)7-8-5-4-6-9(10(8)11)13(14)15/h4-6H,3,7H2,1-2H3. The van der Waals surface area contributed by atoms with Crippen LogP contribution in [-0.4, -0.2) is 23.4 Å². The van der Waals surface area contributed by atoms with E-state index in [1.54, 1.807) is 6.07 Å². The lowest BCUT2D eigenvalue weighted by molar-refractivity contribution is -0.387.